The van der Waals surface area contributed by atoms with Crippen molar-refractivity contribution in [2.24, 2.45) is 0 Å². The lowest BCUT2D eigenvalue weighted by molar-refractivity contribution is -0.138. The summed E-state index contributed by atoms with van der Waals surface area (Å²) < 4.78 is 0. The number of hydrogen-bond acceptors (Lipinski definition) is 10. The zero-order valence-corrected chi connectivity index (χ0v) is 37.0. The summed E-state index contributed by atoms with van der Waals surface area (Å²) in [7, 11) is 0. The summed E-state index contributed by atoms with van der Waals surface area (Å²) in [5.41, 5.74) is 6.50. The minimum absolute atomic E-state index is 0.0837. The van der Waals surface area contributed by atoms with Crippen LogP contribution >= 0.6 is 0 Å². The SMILES string of the molecule is CC1(c2ccc(C(=O)C(=O)NCc3cccc4c3CN(C3CCC(=O)NC3=O)C4=O)cc2)CC1.CC1(c2ccc(C(=O)C(=O)Nc3cccc4c3CN(C3CCC(=O)NC3=O)C4=O)cc2)CC1. The van der Waals surface area contributed by atoms with Gasteiger partial charge in [-0.2, -0.15) is 0 Å². The lowest BCUT2D eigenvalue weighted by Crippen LogP contribution is -2.52. The van der Waals surface area contributed by atoms with Gasteiger partial charge < -0.3 is 20.4 Å². The number of benzene rings is 4. The van der Waals surface area contributed by atoms with Crippen LogP contribution in [0.4, 0.5) is 5.69 Å². The van der Waals surface area contributed by atoms with Crippen LogP contribution in [0.5, 0.6) is 0 Å². The molecule has 16 heteroatoms. The van der Waals surface area contributed by atoms with E-state index in [2.05, 4.69) is 35.1 Å². The molecule has 4 aromatic carbocycles. The molecule has 10 rings (SSSR count). The molecule has 67 heavy (non-hydrogen) atoms. The fourth-order valence-electron chi connectivity index (χ4n) is 9.22. The topological polar surface area (TPSA) is 225 Å². The van der Waals surface area contributed by atoms with Gasteiger partial charge in [0.15, 0.2) is 0 Å². The monoisotopic (exact) mass is 904 g/mol. The maximum atomic E-state index is 12.9. The first-order valence-electron chi connectivity index (χ1n) is 22.4. The number of carbonyl (C=O) groups is 10. The Hall–Kier alpha value is -7.62. The molecular weight excluding hydrogens is 857 g/mol. The molecule has 4 aliphatic heterocycles. The summed E-state index contributed by atoms with van der Waals surface area (Å²) in [4.78, 5) is 127. The van der Waals surface area contributed by atoms with Crippen LogP contribution in [-0.2, 0) is 59.2 Å². The summed E-state index contributed by atoms with van der Waals surface area (Å²) in [6.07, 6.45) is 5.37. The molecule has 0 bridgehead atoms. The fraction of sp³-hybridized carbons (Fsp3) is 0.333. The molecule has 0 aromatic heterocycles. The second kappa shape index (κ2) is 17.3. The van der Waals surface area contributed by atoms with E-state index in [4.69, 9.17) is 0 Å². The van der Waals surface area contributed by atoms with Gasteiger partial charge in [0.1, 0.15) is 12.1 Å². The number of nitrogens with one attached hydrogen (secondary N) is 4. The third-order valence-corrected chi connectivity index (χ3v) is 14.0. The zero-order chi connectivity index (χ0) is 47.4. The zero-order valence-electron chi connectivity index (χ0n) is 37.0. The predicted octanol–water partition coefficient (Wildman–Crippen LogP) is 4.32. The first-order valence-corrected chi connectivity index (χ1v) is 22.4. The lowest BCUT2D eigenvalue weighted by Gasteiger charge is -2.29. The number of Topliss-reactive ketones (excluding diaryl/α,β-unsaturated/α-hetero) is 2. The molecule has 2 unspecified atom stereocenters. The largest absolute Gasteiger partial charge is 0.345 e. The van der Waals surface area contributed by atoms with E-state index in [9.17, 15) is 47.9 Å². The highest BCUT2D eigenvalue weighted by atomic mass is 16.2. The van der Waals surface area contributed by atoms with Crippen LogP contribution in [0.25, 0.3) is 0 Å². The number of hydrogen-bond donors (Lipinski definition) is 4. The molecule has 6 aliphatic rings. The van der Waals surface area contributed by atoms with E-state index in [1.165, 1.54) is 15.4 Å². The Kier molecular flexibility index (Phi) is 11.5. The molecule has 4 N–H and O–H groups in total. The number of piperidine rings is 2. The predicted molar refractivity (Wildman–Crippen MR) is 240 cm³/mol. The minimum Gasteiger partial charge on any atom is -0.345 e. The smallest absolute Gasteiger partial charge is 0.296 e. The summed E-state index contributed by atoms with van der Waals surface area (Å²) in [6.45, 7) is 4.76. The average Bonchev–Trinajstić information content (AvgIpc) is 4.21. The van der Waals surface area contributed by atoms with Gasteiger partial charge >= 0.3 is 0 Å². The van der Waals surface area contributed by atoms with E-state index in [1.54, 1.807) is 60.7 Å². The number of imide groups is 2. The Morgan fingerprint density at radius 2 is 1.03 bits per heavy atom. The highest BCUT2D eigenvalue weighted by Crippen LogP contribution is 2.48. The number of amides is 8. The number of rotatable bonds is 11. The minimum atomic E-state index is -0.791. The van der Waals surface area contributed by atoms with Gasteiger partial charge in [0.25, 0.3) is 29.4 Å². The number of fused-ring (bicyclic) bond motifs is 2. The Balaban J connectivity index is 0.000000168. The average molecular weight is 905 g/mol. The number of nitrogens with zero attached hydrogens (tertiary/aromatic N) is 2. The molecule has 4 heterocycles. The molecule has 0 radical (unpaired) electrons. The highest BCUT2D eigenvalue weighted by molar-refractivity contribution is 6.46. The van der Waals surface area contributed by atoms with E-state index >= 15 is 0 Å². The number of anilines is 1. The van der Waals surface area contributed by atoms with Crippen molar-refractivity contribution in [3.05, 3.63) is 135 Å². The van der Waals surface area contributed by atoms with Crippen molar-refractivity contribution in [1.82, 2.24) is 25.8 Å². The van der Waals surface area contributed by atoms with Crippen molar-refractivity contribution in [3.63, 3.8) is 0 Å². The van der Waals surface area contributed by atoms with Crippen molar-refractivity contribution in [2.45, 2.75) is 108 Å². The van der Waals surface area contributed by atoms with Crippen molar-refractivity contribution in [1.29, 1.82) is 0 Å². The molecule has 16 nitrogen and oxygen atoms in total. The van der Waals surface area contributed by atoms with Crippen molar-refractivity contribution in [2.75, 3.05) is 5.32 Å². The van der Waals surface area contributed by atoms with Gasteiger partial charge in [-0.25, -0.2) is 0 Å². The van der Waals surface area contributed by atoms with E-state index in [1.807, 2.05) is 24.3 Å². The van der Waals surface area contributed by atoms with Crippen LogP contribution in [0.2, 0.25) is 0 Å². The van der Waals surface area contributed by atoms with Crippen LogP contribution in [0.3, 0.4) is 0 Å². The molecule has 2 aliphatic carbocycles. The summed E-state index contributed by atoms with van der Waals surface area (Å²) in [5.74, 6) is -5.07. The van der Waals surface area contributed by atoms with E-state index in [0.717, 1.165) is 31.2 Å². The van der Waals surface area contributed by atoms with Gasteiger partial charge in [-0.05, 0) is 89.8 Å². The lowest BCUT2D eigenvalue weighted by atomic mass is 9.96. The molecule has 0 spiro atoms. The van der Waals surface area contributed by atoms with Crippen molar-refractivity contribution < 1.29 is 47.9 Å². The maximum absolute atomic E-state index is 12.9. The first kappa shape index (κ1) is 44.6. The van der Waals surface area contributed by atoms with Gasteiger partial charge in [0.2, 0.25) is 29.4 Å². The maximum Gasteiger partial charge on any atom is 0.296 e. The second-order valence-electron chi connectivity index (χ2n) is 18.6. The van der Waals surface area contributed by atoms with Crippen LogP contribution in [0, 0.1) is 0 Å². The Bertz CT molecular complexity index is 2830. The van der Waals surface area contributed by atoms with Crippen LogP contribution in [0.1, 0.15) is 134 Å². The van der Waals surface area contributed by atoms with E-state index in [-0.39, 0.29) is 79.8 Å². The molecule has 8 amide bonds. The van der Waals surface area contributed by atoms with Crippen LogP contribution in [0.15, 0.2) is 84.9 Å². The normalized spacial score (nSPS) is 20.7. The van der Waals surface area contributed by atoms with Crippen molar-refractivity contribution in [3.8, 4) is 0 Å². The van der Waals surface area contributed by atoms with Gasteiger partial charge in [-0.15, -0.1) is 0 Å². The fourth-order valence-corrected chi connectivity index (χ4v) is 9.22. The Morgan fingerprint density at radius 3 is 1.51 bits per heavy atom. The summed E-state index contributed by atoms with van der Waals surface area (Å²) in [6, 6.07) is 22.9. The third-order valence-electron chi connectivity index (χ3n) is 14.0. The van der Waals surface area contributed by atoms with Gasteiger partial charge in [-0.3, -0.25) is 58.6 Å². The van der Waals surface area contributed by atoms with E-state index < -0.39 is 47.3 Å². The first-order chi connectivity index (χ1) is 32.0. The van der Waals surface area contributed by atoms with Crippen LogP contribution < -0.4 is 21.3 Å². The highest BCUT2D eigenvalue weighted by Gasteiger charge is 2.43. The standard InChI is InChI=1S/C26H25N3O5.C25H23N3O5/c1-26(11-12-26)17-7-5-15(6-8-17)22(31)24(33)27-13-16-3-2-4-18-19(16)14-29(25(18)34)20-9-10-21(30)28-23(20)32;1-25(11-12-25)15-7-5-14(6-8-15)21(30)23(32)26-18-4-2-3-16-17(18)13-28(24(16)33)19-9-10-20(29)27-22(19)31/h2-8,20H,9-14H2,1H3,(H,27,33)(H,28,30,32);2-8,19H,9-13H2,1H3,(H,26,32)(H,27,29,31). The third kappa shape index (κ3) is 8.78. The molecule has 2 saturated carbocycles. The number of ketones is 2. The molecular formula is C51H48N6O10. The molecule has 4 fully saturated rings. The Morgan fingerprint density at radius 1 is 0.582 bits per heavy atom. The van der Waals surface area contributed by atoms with E-state index in [0.29, 0.717) is 44.6 Å². The molecule has 342 valence electrons. The Labute approximate surface area is 385 Å². The van der Waals surface area contributed by atoms with Gasteiger partial charge in [0.05, 0.1) is 0 Å². The summed E-state index contributed by atoms with van der Waals surface area (Å²) in [5, 5.41) is 9.85. The van der Waals surface area contributed by atoms with Gasteiger partial charge in [0, 0.05) is 66.0 Å². The number of carbonyl (C=O) groups excluding carboxylic acids is 10. The van der Waals surface area contributed by atoms with Crippen molar-refractivity contribution >= 4 is 64.5 Å². The quantitative estimate of drug-likeness (QED) is 0.0948. The van der Waals surface area contributed by atoms with Gasteiger partial charge in [-0.1, -0.05) is 80.6 Å². The van der Waals surface area contributed by atoms with Crippen LogP contribution in [-0.4, -0.2) is 80.7 Å². The summed E-state index contributed by atoms with van der Waals surface area (Å²) >= 11 is 0. The molecule has 2 atom stereocenters. The molecule has 2 saturated heterocycles. The second-order valence-corrected chi connectivity index (χ2v) is 18.6. The molecule has 4 aromatic rings.